The fourth-order valence-corrected chi connectivity index (χ4v) is 7.09. The van der Waals surface area contributed by atoms with Gasteiger partial charge in [0, 0.05) is 28.6 Å². The van der Waals surface area contributed by atoms with Crippen molar-refractivity contribution in [2.75, 3.05) is 17.6 Å². The standard InChI is InChI=1S/C34H29ClFN5O3S2/c1-22(37-14-15-46(42,43)27-8-3-2-4-9-27)34-41-31(20-45-34)24-10-12-30-28(17-24)33(39-21-38-30)40-26-11-13-32(29(35)18-26)44-19-23-6-5-7-25(36)16-23/h2-13,16-18,20-22,37H,14-15,19H2,1H3,(H,38,39,40). The SMILES string of the molecule is CC(NCCS(=O)(=O)c1ccccc1)c1nc(-c2ccc3ncnc(Nc4ccc(OCc5cccc(F)c5)c(Cl)c4)c3c2)cs1. The summed E-state index contributed by atoms with van der Waals surface area (Å²) < 4.78 is 44.5. The first-order valence-corrected chi connectivity index (χ1v) is 17.3. The second kappa shape index (κ2) is 13.9. The predicted molar refractivity (Wildman–Crippen MR) is 181 cm³/mol. The van der Waals surface area contributed by atoms with E-state index in [4.69, 9.17) is 21.3 Å². The quantitative estimate of drug-likeness (QED) is 0.135. The second-order valence-electron chi connectivity index (χ2n) is 10.5. The zero-order chi connectivity index (χ0) is 32.1. The average Bonchev–Trinajstić information content (AvgIpc) is 3.56. The molecule has 2 aromatic heterocycles. The van der Waals surface area contributed by atoms with E-state index in [1.807, 2.05) is 36.6 Å². The third kappa shape index (κ3) is 7.51. The molecular weight excluding hydrogens is 645 g/mol. The van der Waals surface area contributed by atoms with Crippen molar-refractivity contribution in [3.63, 3.8) is 0 Å². The van der Waals surface area contributed by atoms with Crippen LogP contribution in [0, 0.1) is 5.82 Å². The number of aromatic nitrogens is 3. The Morgan fingerprint density at radius 3 is 2.63 bits per heavy atom. The molecule has 1 atom stereocenters. The lowest BCUT2D eigenvalue weighted by atomic mass is 10.1. The molecule has 0 amide bonds. The Kier molecular flexibility index (Phi) is 9.55. The van der Waals surface area contributed by atoms with E-state index >= 15 is 0 Å². The van der Waals surface area contributed by atoms with Crippen molar-refractivity contribution in [1.29, 1.82) is 0 Å². The van der Waals surface area contributed by atoms with Gasteiger partial charge in [0.2, 0.25) is 0 Å². The molecule has 0 fully saturated rings. The van der Waals surface area contributed by atoms with Gasteiger partial charge in [0.1, 0.15) is 35.3 Å². The highest BCUT2D eigenvalue weighted by Crippen LogP contribution is 2.33. The molecule has 0 bridgehead atoms. The molecule has 0 aliphatic carbocycles. The summed E-state index contributed by atoms with van der Waals surface area (Å²) in [5.41, 5.74) is 3.86. The number of sulfone groups is 1. The summed E-state index contributed by atoms with van der Waals surface area (Å²) in [5, 5.41) is 10.6. The molecule has 0 aliphatic heterocycles. The van der Waals surface area contributed by atoms with Crippen LogP contribution in [0.3, 0.4) is 0 Å². The van der Waals surface area contributed by atoms with Gasteiger partial charge in [-0.15, -0.1) is 11.3 Å². The number of fused-ring (bicyclic) bond motifs is 1. The minimum Gasteiger partial charge on any atom is -0.487 e. The van der Waals surface area contributed by atoms with Gasteiger partial charge in [0.15, 0.2) is 9.84 Å². The zero-order valence-corrected chi connectivity index (χ0v) is 27.0. The molecule has 2 heterocycles. The van der Waals surface area contributed by atoms with Crippen molar-refractivity contribution in [2.45, 2.75) is 24.5 Å². The van der Waals surface area contributed by atoms with Crippen molar-refractivity contribution in [3.8, 4) is 17.0 Å². The first-order chi connectivity index (χ1) is 22.2. The third-order valence-electron chi connectivity index (χ3n) is 7.23. The van der Waals surface area contributed by atoms with Crippen LogP contribution < -0.4 is 15.4 Å². The van der Waals surface area contributed by atoms with E-state index in [9.17, 15) is 12.8 Å². The van der Waals surface area contributed by atoms with Gasteiger partial charge >= 0.3 is 0 Å². The summed E-state index contributed by atoms with van der Waals surface area (Å²) in [4.78, 5) is 14.0. The van der Waals surface area contributed by atoms with Gasteiger partial charge in [-0.1, -0.05) is 48.0 Å². The lowest BCUT2D eigenvalue weighted by Crippen LogP contribution is -2.25. The highest BCUT2D eigenvalue weighted by molar-refractivity contribution is 7.91. The number of nitrogens with zero attached hydrogens (tertiary/aromatic N) is 3. The Morgan fingerprint density at radius 2 is 1.83 bits per heavy atom. The van der Waals surface area contributed by atoms with Gasteiger partial charge in [-0.2, -0.15) is 0 Å². The van der Waals surface area contributed by atoms with Gasteiger partial charge < -0.3 is 15.4 Å². The molecule has 6 rings (SSSR count). The van der Waals surface area contributed by atoms with E-state index in [2.05, 4.69) is 20.6 Å². The molecule has 234 valence electrons. The number of rotatable bonds is 12. The minimum absolute atomic E-state index is 0.00405. The largest absolute Gasteiger partial charge is 0.487 e. The topological polar surface area (TPSA) is 106 Å². The lowest BCUT2D eigenvalue weighted by Gasteiger charge is -2.12. The summed E-state index contributed by atoms with van der Waals surface area (Å²) >= 11 is 8.02. The van der Waals surface area contributed by atoms with Crippen molar-refractivity contribution >= 4 is 55.2 Å². The first-order valence-electron chi connectivity index (χ1n) is 14.4. The van der Waals surface area contributed by atoms with Gasteiger partial charge in [0.05, 0.1) is 32.9 Å². The molecular formula is C34H29ClFN5O3S2. The van der Waals surface area contributed by atoms with Crippen LogP contribution in [0.15, 0.2) is 108 Å². The van der Waals surface area contributed by atoms with Crippen molar-refractivity contribution in [1.82, 2.24) is 20.3 Å². The van der Waals surface area contributed by atoms with Gasteiger partial charge in [-0.25, -0.2) is 27.8 Å². The Hall–Kier alpha value is -4.42. The minimum atomic E-state index is -3.36. The summed E-state index contributed by atoms with van der Waals surface area (Å²) in [7, 11) is -3.36. The van der Waals surface area contributed by atoms with Crippen molar-refractivity contribution in [2.24, 2.45) is 0 Å². The second-order valence-corrected chi connectivity index (χ2v) is 13.9. The maximum atomic E-state index is 13.5. The Labute approximate surface area is 275 Å². The van der Waals surface area contributed by atoms with E-state index in [1.54, 1.807) is 54.6 Å². The summed E-state index contributed by atoms with van der Waals surface area (Å²) in [5.74, 6) is 0.753. The molecule has 0 saturated heterocycles. The number of anilines is 2. The fraction of sp³-hybridized carbons (Fsp3) is 0.147. The molecule has 2 N–H and O–H groups in total. The summed E-state index contributed by atoms with van der Waals surface area (Å²) in [6.45, 7) is 2.46. The highest BCUT2D eigenvalue weighted by atomic mass is 35.5. The van der Waals surface area contributed by atoms with Crippen LogP contribution in [0.4, 0.5) is 15.9 Å². The Morgan fingerprint density at radius 1 is 0.978 bits per heavy atom. The van der Waals surface area contributed by atoms with E-state index in [-0.39, 0.29) is 24.2 Å². The molecule has 6 aromatic rings. The monoisotopic (exact) mass is 673 g/mol. The molecule has 12 heteroatoms. The third-order valence-corrected chi connectivity index (χ3v) is 10.3. The van der Waals surface area contributed by atoms with Crippen molar-refractivity contribution in [3.05, 3.63) is 124 Å². The number of hydrogen-bond acceptors (Lipinski definition) is 9. The molecule has 0 aliphatic rings. The van der Waals surface area contributed by atoms with E-state index < -0.39 is 9.84 Å². The number of nitrogens with one attached hydrogen (secondary N) is 2. The molecule has 1 unspecified atom stereocenters. The van der Waals surface area contributed by atoms with Crippen LogP contribution in [0.2, 0.25) is 5.02 Å². The fourth-order valence-electron chi connectivity index (χ4n) is 4.80. The van der Waals surface area contributed by atoms with E-state index in [0.29, 0.717) is 39.3 Å². The van der Waals surface area contributed by atoms with Crippen LogP contribution in [-0.4, -0.2) is 35.7 Å². The van der Waals surface area contributed by atoms with Gasteiger partial charge in [-0.05, 0) is 67.1 Å². The number of halogens is 2. The van der Waals surface area contributed by atoms with E-state index in [1.165, 1.54) is 29.8 Å². The number of ether oxygens (including phenoxy) is 1. The first kappa shape index (κ1) is 31.6. The molecule has 0 spiro atoms. The number of hydrogen-bond donors (Lipinski definition) is 2. The lowest BCUT2D eigenvalue weighted by molar-refractivity contribution is 0.306. The molecule has 8 nitrogen and oxygen atoms in total. The maximum absolute atomic E-state index is 13.5. The molecule has 0 radical (unpaired) electrons. The van der Waals surface area contributed by atoms with E-state index in [0.717, 1.165) is 27.2 Å². The number of thiazole rings is 1. The maximum Gasteiger partial charge on any atom is 0.179 e. The molecule has 0 saturated carbocycles. The Balaban J connectivity index is 1.13. The van der Waals surface area contributed by atoms with Crippen LogP contribution in [-0.2, 0) is 16.4 Å². The average molecular weight is 674 g/mol. The predicted octanol–water partition coefficient (Wildman–Crippen LogP) is 7.99. The normalized spacial score (nSPS) is 12.2. The number of benzene rings is 4. The van der Waals surface area contributed by atoms with Crippen LogP contribution in [0.25, 0.3) is 22.2 Å². The summed E-state index contributed by atoms with van der Waals surface area (Å²) in [6, 6.07) is 25.8. The van der Waals surface area contributed by atoms with Crippen LogP contribution in [0.5, 0.6) is 5.75 Å². The molecule has 4 aromatic carbocycles. The van der Waals surface area contributed by atoms with Crippen molar-refractivity contribution < 1.29 is 17.5 Å². The Bertz CT molecular complexity index is 2090. The zero-order valence-electron chi connectivity index (χ0n) is 24.7. The van der Waals surface area contributed by atoms with Gasteiger partial charge in [0.25, 0.3) is 0 Å². The molecule has 46 heavy (non-hydrogen) atoms. The van der Waals surface area contributed by atoms with Crippen LogP contribution >= 0.6 is 22.9 Å². The van der Waals surface area contributed by atoms with Gasteiger partial charge in [-0.3, -0.25) is 0 Å². The summed E-state index contributed by atoms with van der Waals surface area (Å²) in [6.07, 6.45) is 1.49. The van der Waals surface area contributed by atoms with Crippen LogP contribution in [0.1, 0.15) is 23.5 Å². The highest BCUT2D eigenvalue weighted by Gasteiger charge is 2.17. The smallest absolute Gasteiger partial charge is 0.179 e.